The van der Waals surface area contributed by atoms with Gasteiger partial charge in [-0.1, -0.05) is 60.1 Å². The summed E-state index contributed by atoms with van der Waals surface area (Å²) in [5, 5.41) is 4.14. The van der Waals surface area contributed by atoms with Gasteiger partial charge in [-0.25, -0.2) is 4.79 Å². The molecule has 0 aliphatic carbocycles. The van der Waals surface area contributed by atoms with Crippen molar-refractivity contribution in [3.63, 3.8) is 0 Å². The Balaban J connectivity index is 1.54. The van der Waals surface area contributed by atoms with Crippen molar-refractivity contribution in [1.82, 2.24) is 10.2 Å². The molecule has 0 aromatic heterocycles. The maximum atomic E-state index is 13.1. The van der Waals surface area contributed by atoms with E-state index in [1.54, 1.807) is 4.90 Å². The second-order valence-corrected chi connectivity index (χ2v) is 7.07. The number of urea groups is 1. The first kappa shape index (κ1) is 17.1. The highest BCUT2D eigenvalue weighted by Crippen LogP contribution is 2.30. The van der Waals surface area contributed by atoms with E-state index in [0.717, 1.165) is 25.1 Å². The van der Waals surface area contributed by atoms with Gasteiger partial charge in [0.2, 0.25) is 0 Å². The summed E-state index contributed by atoms with van der Waals surface area (Å²) in [6.07, 6.45) is 4.08. The molecule has 2 aromatic carbocycles. The number of rotatable bonds is 4. The molecule has 0 spiro atoms. The average molecular weight is 368 g/mol. The van der Waals surface area contributed by atoms with Gasteiger partial charge in [0.15, 0.2) is 0 Å². The summed E-state index contributed by atoms with van der Waals surface area (Å²) in [6, 6.07) is 17.9. The molecule has 4 rings (SSSR count). The minimum atomic E-state index is -0.0519. The maximum absolute atomic E-state index is 13.1. The van der Waals surface area contributed by atoms with Crippen molar-refractivity contribution in [2.45, 2.75) is 19.0 Å². The second kappa shape index (κ2) is 7.52. The van der Waals surface area contributed by atoms with Gasteiger partial charge in [0.1, 0.15) is 6.17 Å². The molecule has 2 aliphatic rings. The monoisotopic (exact) mass is 367 g/mol. The Hall–Kier alpha value is -2.30. The molecule has 1 fully saturated rings. The van der Waals surface area contributed by atoms with Gasteiger partial charge in [-0.15, -0.1) is 0 Å². The molecule has 1 unspecified atom stereocenters. The lowest BCUT2D eigenvalue weighted by Crippen LogP contribution is -2.51. The number of benzene rings is 2. The standard InChI is InChI=1S/C21H22ClN3O/c22-18-10-4-5-11-19(18)24-13-14-25(21(24)26)20-17(9-6-12-23-20)15-16-7-2-1-3-8-16/h1-5,7-11,20,23H,6,12-15H2. The molecule has 2 aromatic rings. The van der Waals surface area contributed by atoms with Crippen LogP contribution in [0.25, 0.3) is 0 Å². The lowest BCUT2D eigenvalue weighted by Gasteiger charge is -2.33. The predicted octanol–water partition coefficient (Wildman–Crippen LogP) is 4.07. The van der Waals surface area contributed by atoms with Crippen LogP contribution in [0.4, 0.5) is 10.5 Å². The molecule has 1 saturated heterocycles. The molecule has 5 heteroatoms. The number of nitrogens with one attached hydrogen (secondary N) is 1. The van der Waals surface area contributed by atoms with Gasteiger partial charge in [0, 0.05) is 19.6 Å². The van der Waals surface area contributed by atoms with E-state index in [0.29, 0.717) is 18.1 Å². The third-order valence-corrected chi connectivity index (χ3v) is 5.31. The van der Waals surface area contributed by atoms with Crippen LogP contribution in [0.3, 0.4) is 0 Å². The molecule has 0 bridgehead atoms. The molecule has 0 saturated carbocycles. The summed E-state index contributed by atoms with van der Waals surface area (Å²) >= 11 is 6.30. The van der Waals surface area contributed by atoms with Gasteiger partial charge in [0.25, 0.3) is 0 Å². The average Bonchev–Trinajstić information content (AvgIpc) is 3.05. The van der Waals surface area contributed by atoms with Crippen LogP contribution in [0.5, 0.6) is 0 Å². The Morgan fingerprint density at radius 1 is 1.04 bits per heavy atom. The first-order chi connectivity index (χ1) is 12.7. The fourth-order valence-corrected chi connectivity index (χ4v) is 3.96. The van der Waals surface area contributed by atoms with Crippen molar-refractivity contribution >= 4 is 23.3 Å². The summed E-state index contributed by atoms with van der Waals surface area (Å²) in [7, 11) is 0. The van der Waals surface area contributed by atoms with Gasteiger partial charge in [0.05, 0.1) is 10.7 Å². The second-order valence-electron chi connectivity index (χ2n) is 6.67. The number of halogens is 1. The van der Waals surface area contributed by atoms with Gasteiger partial charge < -0.3 is 4.90 Å². The third kappa shape index (κ3) is 3.35. The van der Waals surface area contributed by atoms with Crippen LogP contribution in [0.1, 0.15) is 12.0 Å². The van der Waals surface area contributed by atoms with E-state index >= 15 is 0 Å². The van der Waals surface area contributed by atoms with Crippen LogP contribution in [-0.2, 0) is 6.42 Å². The maximum Gasteiger partial charge on any atom is 0.326 e. The van der Waals surface area contributed by atoms with Crippen molar-refractivity contribution in [2.24, 2.45) is 0 Å². The van der Waals surface area contributed by atoms with E-state index in [1.807, 2.05) is 35.2 Å². The van der Waals surface area contributed by atoms with Gasteiger partial charge in [-0.3, -0.25) is 10.2 Å². The summed E-state index contributed by atoms with van der Waals surface area (Å²) < 4.78 is 0. The molecule has 2 heterocycles. The van der Waals surface area contributed by atoms with Gasteiger partial charge in [-0.2, -0.15) is 0 Å². The molecule has 1 atom stereocenters. The van der Waals surface area contributed by atoms with Crippen LogP contribution in [-0.4, -0.2) is 36.7 Å². The van der Waals surface area contributed by atoms with Gasteiger partial charge in [-0.05, 0) is 36.1 Å². The van der Waals surface area contributed by atoms with Crippen LogP contribution >= 0.6 is 11.6 Å². The quantitative estimate of drug-likeness (QED) is 0.827. The van der Waals surface area contributed by atoms with Crippen LogP contribution in [0.15, 0.2) is 66.2 Å². The van der Waals surface area contributed by atoms with E-state index in [2.05, 4.69) is 35.7 Å². The molecule has 4 nitrogen and oxygen atoms in total. The minimum Gasteiger partial charge on any atom is -0.303 e. The number of nitrogens with zero attached hydrogens (tertiary/aromatic N) is 2. The number of carbonyl (C=O) groups excluding carboxylic acids is 1. The molecule has 2 amide bonds. The molecule has 0 radical (unpaired) electrons. The van der Waals surface area contributed by atoms with Crippen molar-refractivity contribution < 1.29 is 4.79 Å². The molecular formula is C21H22ClN3O. The Morgan fingerprint density at radius 2 is 1.81 bits per heavy atom. The molecule has 134 valence electrons. The summed E-state index contributed by atoms with van der Waals surface area (Å²) in [5.41, 5.74) is 3.31. The van der Waals surface area contributed by atoms with E-state index in [4.69, 9.17) is 11.6 Å². The van der Waals surface area contributed by atoms with E-state index < -0.39 is 0 Å². The molecule has 1 N–H and O–H groups in total. The number of hydrogen-bond donors (Lipinski definition) is 1. The van der Waals surface area contributed by atoms with Crippen LogP contribution in [0.2, 0.25) is 5.02 Å². The molecular weight excluding hydrogens is 346 g/mol. The highest BCUT2D eigenvalue weighted by atomic mass is 35.5. The first-order valence-corrected chi connectivity index (χ1v) is 9.41. The SMILES string of the molecule is O=C1N(c2ccccc2Cl)CCN1C1NCCC=C1Cc1ccccc1. The zero-order valence-electron chi connectivity index (χ0n) is 14.6. The minimum absolute atomic E-state index is 0.0106. The van der Waals surface area contributed by atoms with E-state index in [1.165, 1.54) is 11.1 Å². The van der Waals surface area contributed by atoms with Crippen LogP contribution in [0, 0.1) is 0 Å². The Kier molecular flexibility index (Phi) is 4.96. The lowest BCUT2D eigenvalue weighted by atomic mass is 9.98. The Labute approximate surface area is 159 Å². The van der Waals surface area contributed by atoms with Crippen LogP contribution < -0.4 is 10.2 Å². The number of amides is 2. The van der Waals surface area contributed by atoms with Crippen molar-refractivity contribution in [3.05, 3.63) is 76.8 Å². The van der Waals surface area contributed by atoms with Crippen molar-refractivity contribution in [2.75, 3.05) is 24.5 Å². The molecule has 2 aliphatic heterocycles. The number of carbonyl (C=O) groups is 1. The van der Waals surface area contributed by atoms with Gasteiger partial charge >= 0.3 is 6.03 Å². The highest BCUT2D eigenvalue weighted by Gasteiger charge is 2.37. The lowest BCUT2D eigenvalue weighted by molar-refractivity contribution is 0.196. The van der Waals surface area contributed by atoms with Crippen molar-refractivity contribution in [3.8, 4) is 0 Å². The smallest absolute Gasteiger partial charge is 0.303 e. The number of hydrogen-bond acceptors (Lipinski definition) is 2. The zero-order chi connectivity index (χ0) is 17.9. The van der Waals surface area contributed by atoms with E-state index in [-0.39, 0.29) is 12.2 Å². The third-order valence-electron chi connectivity index (χ3n) is 4.99. The first-order valence-electron chi connectivity index (χ1n) is 9.03. The highest BCUT2D eigenvalue weighted by molar-refractivity contribution is 6.33. The van der Waals surface area contributed by atoms with Crippen molar-refractivity contribution in [1.29, 1.82) is 0 Å². The largest absolute Gasteiger partial charge is 0.326 e. The molecule has 26 heavy (non-hydrogen) atoms. The normalized spacial score (nSPS) is 20.4. The fraction of sp³-hybridized carbons (Fsp3) is 0.286. The zero-order valence-corrected chi connectivity index (χ0v) is 15.3. The Bertz CT molecular complexity index is 821. The fourth-order valence-electron chi connectivity index (χ4n) is 3.72. The number of anilines is 1. The predicted molar refractivity (Wildman–Crippen MR) is 106 cm³/mol. The Morgan fingerprint density at radius 3 is 2.62 bits per heavy atom. The summed E-state index contributed by atoms with van der Waals surface area (Å²) in [5.74, 6) is 0. The summed E-state index contributed by atoms with van der Waals surface area (Å²) in [4.78, 5) is 16.8. The van der Waals surface area contributed by atoms with E-state index in [9.17, 15) is 4.79 Å². The number of para-hydroxylation sites is 1. The summed E-state index contributed by atoms with van der Waals surface area (Å²) in [6.45, 7) is 2.23. The topological polar surface area (TPSA) is 35.6 Å².